The summed E-state index contributed by atoms with van der Waals surface area (Å²) in [5.74, 6) is -0.0724. The lowest BCUT2D eigenvalue weighted by Crippen LogP contribution is -2.51. The van der Waals surface area contributed by atoms with Gasteiger partial charge in [-0.3, -0.25) is 4.79 Å². The van der Waals surface area contributed by atoms with Crippen LogP contribution < -0.4 is 4.72 Å². The van der Waals surface area contributed by atoms with Gasteiger partial charge in [0.25, 0.3) is 5.91 Å². The topological polar surface area (TPSA) is 75.7 Å². The van der Waals surface area contributed by atoms with Crippen molar-refractivity contribution in [3.63, 3.8) is 0 Å². The number of rotatable bonds is 5. The van der Waals surface area contributed by atoms with Crippen LogP contribution in [0.5, 0.6) is 0 Å². The Labute approximate surface area is 109 Å². The number of carbonyl (C=O) groups is 1. The number of piperidine rings is 1. The molecule has 0 aromatic heterocycles. The van der Waals surface area contributed by atoms with Crippen LogP contribution in [0.4, 0.5) is 0 Å². The molecule has 0 radical (unpaired) electrons. The number of nitrogens with zero attached hydrogens (tertiary/aromatic N) is 1. The van der Waals surface area contributed by atoms with E-state index in [4.69, 9.17) is 4.74 Å². The van der Waals surface area contributed by atoms with Crippen LogP contribution in [-0.2, 0) is 19.6 Å². The quantitative estimate of drug-likeness (QED) is 0.765. The standard InChI is InChI=1S/C11H22N2O4S/c1-4-17-9(2)11(14)13-7-5-6-10(8-13)12-18(3,15)16/h9-10,12H,4-8H2,1-3H3/t9-,10+/m0/s1. The highest BCUT2D eigenvalue weighted by Gasteiger charge is 2.28. The predicted octanol–water partition coefficient (Wildman–Crippen LogP) is -0.0484. The van der Waals surface area contributed by atoms with E-state index in [9.17, 15) is 13.2 Å². The molecule has 106 valence electrons. The van der Waals surface area contributed by atoms with Crippen LogP contribution in [0.3, 0.4) is 0 Å². The van der Waals surface area contributed by atoms with Crippen molar-refractivity contribution >= 4 is 15.9 Å². The van der Waals surface area contributed by atoms with Crippen LogP contribution in [0, 0.1) is 0 Å². The molecule has 0 spiro atoms. The highest BCUT2D eigenvalue weighted by Crippen LogP contribution is 2.12. The number of likely N-dealkylation sites (tertiary alicyclic amines) is 1. The van der Waals surface area contributed by atoms with Crippen LogP contribution >= 0.6 is 0 Å². The van der Waals surface area contributed by atoms with E-state index >= 15 is 0 Å². The highest BCUT2D eigenvalue weighted by atomic mass is 32.2. The van der Waals surface area contributed by atoms with Gasteiger partial charge in [0.1, 0.15) is 6.10 Å². The zero-order valence-electron chi connectivity index (χ0n) is 11.2. The van der Waals surface area contributed by atoms with Gasteiger partial charge in [0.2, 0.25) is 10.0 Å². The summed E-state index contributed by atoms with van der Waals surface area (Å²) in [7, 11) is -3.22. The molecule has 0 unspecified atom stereocenters. The molecule has 1 aliphatic rings. The molecule has 0 saturated carbocycles. The largest absolute Gasteiger partial charge is 0.369 e. The number of sulfonamides is 1. The maximum absolute atomic E-state index is 12.0. The minimum atomic E-state index is -3.22. The SMILES string of the molecule is CCO[C@@H](C)C(=O)N1CCC[C@@H](NS(C)(=O)=O)C1. The van der Waals surface area contributed by atoms with Crippen molar-refractivity contribution in [3.05, 3.63) is 0 Å². The van der Waals surface area contributed by atoms with Gasteiger partial charge >= 0.3 is 0 Å². The molecular formula is C11H22N2O4S. The first-order chi connectivity index (χ1) is 8.33. The van der Waals surface area contributed by atoms with E-state index < -0.39 is 16.1 Å². The van der Waals surface area contributed by atoms with Crippen molar-refractivity contribution in [1.29, 1.82) is 0 Å². The fourth-order valence-corrected chi connectivity index (χ4v) is 2.95. The number of amides is 1. The lowest BCUT2D eigenvalue weighted by atomic mass is 10.1. The normalized spacial score (nSPS) is 22.8. The second-order valence-electron chi connectivity index (χ2n) is 4.61. The molecule has 1 heterocycles. The average Bonchev–Trinajstić information content (AvgIpc) is 2.26. The van der Waals surface area contributed by atoms with Crippen LogP contribution in [-0.4, -0.2) is 57.3 Å². The Kier molecular flexibility index (Phi) is 5.55. The molecule has 18 heavy (non-hydrogen) atoms. The molecule has 1 aliphatic heterocycles. The summed E-state index contributed by atoms with van der Waals surface area (Å²) in [5, 5.41) is 0. The van der Waals surface area contributed by atoms with E-state index in [-0.39, 0.29) is 11.9 Å². The second kappa shape index (κ2) is 6.49. The Hall–Kier alpha value is -0.660. The number of ether oxygens (including phenoxy) is 1. The fourth-order valence-electron chi connectivity index (χ4n) is 2.15. The van der Waals surface area contributed by atoms with Gasteiger partial charge in [-0.1, -0.05) is 0 Å². The zero-order chi connectivity index (χ0) is 13.8. The number of hydrogen-bond acceptors (Lipinski definition) is 4. The molecule has 1 fully saturated rings. The predicted molar refractivity (Wildman–Crippen MR) is 68.7 cm³/mol. The van der Waals surface area contributed by atoms with Crippen molar-refractivity contribution in [1.82, 2.24) is 9.62 Å². The maximum atomic E-state index is 12.0. The second-order valence-corrected chi connectivity index (χ2v) is 6.39. The summed E-state index contributed by atoms with van der Waals surface area (Å²) in [6, 6.07) is -0.188. The Balaban J connectivity index is 2.55. The Morgan fingerprint density at radius 2 is 2.22 bits per heavy atom. The maximum Gasteiger partial charge on any atom is 0.251 e. The Morgan fingerprint density at radius 3 is 2.78 bits per heavy atom. The van der Waals surface area contributed by atoms with Crippen molar-refractivity contribution in [2.45, 2.75) is 38.8 Å². The minimum Gasteiger partial charge on any atom is -0.369 e. The molecule has 6 nitrogen and oxygen atoms in total. The fraction of sp³-hybridized carbons (Fsp3) is 0.909. The lowest BCUT2D eigenvalue weighted by molar-refractivity contribution is -0.143. The van der Waals surface area contributed by atoms with Gasteiger partial charge in [-0.25, -0.2) is 13.1 Å². The summed E-state index contributed by atoms with van der Waals surface area (Å²) in [6.07, 6.45) is 2.24. The van der Waals surface area contributed by atoms with Gasteiger partial charge in [0.15, 0.2) is 0 Å². The van der Waals surface area contributed by atoms with E-state index in [2.05, 4.69) is 4.72 Å². The molecule has 1 rings (SSSR count). The first-order valence-corrected chi connectivity index (χ1v) is 8.10. The third-order valence-corrected chi connectivity index (χ3v) is 3.64. The van der Waals surface area contributed by atoms with Crippen molar-refractivity contribution < 1.29 is 17.9 Å². The van der Waals surface area contributed by atoms with Crippen molar-refractivity contribution in [2.75, 3.05) is 26.0 Å². The van der Waals surface area contributed by atoms with Crippen molar-refractivity contribution in [3.8, 4) is 0 Å². The minimum absolute atomic E-state index is 0.0724. The van der Waals surface area contributed by atoms with E-state index in [1.54, 1.807) is 11.8 Å². The molecule has 1 N–H and O–H groups in total. The van der Waals surface area contributed by atoms with E-state index in [0.717, 1.165) is 19.1 Å². The van der Waals surface area contributed by atoms with E-state index in [1.165, 1.54) is 0 Å². The molecular weight excluding hydrogens is 256 g/mol. The molecule has 1 saturated heterocycles. The lowest BCUT2D eigenvalue weighted by Gasteiger charge is -2.34. The monoisotopic (exact) mass is 278 g/mol. The summed E-state index contributed by atoms with van der Waals surface area (Å²) in [6.45, 7) is 5.14. The summed E-state index contributed by atoms with van der Waals surface area (Å²) in [5.41, 5.74) is 0. The first kappa shape index (κ1) is 15.4. The summed E-state index contributed by atoms with van der Waals surface area (Å²) >= 11 is 0. The number of nitrogens with one attached hydrogen (secondary N) is 1. The van der Waals surface area contributed by atoms with Gasteiger partial charge in [-0.15, -0.1) is 0 Å². The molecule has 0 aromatic carbocycles. The molecule has 1 amide bonds. The average molecular weight is 278 g/mol. The van der Waals surface area contributed by atoms with Crippen LogP contribution in [0.15, 0.2) is 0 Å². The molecule has 0 aromatic rings. The van der Waals surface area contributed by atoms with E-state index in [1.807, 2.05) is 6.92 Å². The van der Waals surface area contributed by atoms with Gasteiger partial charge in [0.05, 0.1) is 6.26 Å². The summed E-state index contributed by atoms with van der Waals surface area (Å²) < 4.78 is 30.2. The smallest absolute Gasteiger partial charge is 0.251 e. The number of hydrogen-bond donors (Lipinski definition) is 1. The molecule has 2 atom stereocenters. The van der Waals surface area contributed by atoms with Gasteiger partial charge in [0, 0.05) is 25.7 Å². The van der Waals surface area contributed by atoms with Gasteiger partial charge < -0.3 is 9.64 Å². The first-order valence-electron chi connectivity index (χ1n) is 6.21. The van der Waals surface area contributed by atoms with Crippen LogP contribution in [0.1, 0.15) is 26.7 Å². The molecule has 0 aliphatic carbocycles. The summed E-state index contributed by atoms with van der Waals surface area (Å²) in [4.78, 5) is 13.7. The van der Waals surface area contributed by atoms with E-state index in [0.29, 0.717) is 19.7 Å². The number of carbonyl (C=O) groups excluding carboxylic acids is 1. The van der Waals surface area contributed by atoms with Gasteiger partial charge in [-0.2, -0.15) is 0 Å². The van der Waals surface area contributed by atoms with Crippen molar-refractivity contribution in [2.24, 2.45) is 0 Å². The van der Waals surface area contributed by atoms with Gasteiger partial charge in [-0.05, 0) is 26.7 Å². The third kappa shape index (κ3) is 4.91. The Bertz CT molecular complexity index is 383. The Morgan fingerprint density at radius 1 is 1.56 bits per heavy atom. The van der Waals surface area contributed by atoms with Crippen LogP contribution in [0.2, 0.25) is 0 Å². The molecule has 7 heteroatoms. The third-order valence-electron chi connectivity index (χ3n) is 2.88. The zero-order valence-corrected chi connectivity index (χ0v) is 12.0. The van der Waals surface area contributed by atoms with Crippen LogP contribution in [0.25, 0.3) is 0 Å². The highest BCUT2D eigenvalue weighted by molar-refractivity contribution is 7.88. The molecule has 0 bridgehead atoms.